The minimum atomic E-state index is -0.846. The van der Waals surface area contributed by atoms with Crippen molar-refractivity contribution in [3.8, 4) is 0 Å². The van der Waals surface area contributed by atoms with Crippen LogP contribution < -0.4 is 5.32 Å². The van der Waals surface area contributed by atoms with Crippen molar-refractivity contribution in [3.63, 3.8) is 0 Å². The fourth-order valence-corrected chi connectivity index (χ4v) is 3.35. The summed E-state index contributed by atoms with van der Waals surface area (Å²) < 4.78 is 5.34. The summed E-state index contributed by atoms with van der Waals surface area (Å²) in [5, 5.41) is 2.77. The molecule has 1 fully saturated rings. The molecule has 1 saturated heterocycles. The summed E-state index contributed by atoms with van der Waals surface area (Å²) in [5.41, 5.74) is 0.690. The summed E-state index contributed by atoms with van der Waals surface area (Å²) in [6.45, 7) is 0. The Morgan fingerprint density at radius 1 is 0.957 bits per heavy atom. The zero-order chi connectivity index (χ0) is 16.1. The number of ether oxygens (including phenoxy) is 1. The monoisotopic (exact) mass is 327 g/mol. The molecule has 0 aliphatic carbocycles. The second-order valence-corrected chi connectivity index (χ2v) is 6.41. The Kier molecular flexibility index (Phi) is 4.98. The Hall–Kier alpha value is -2.27. The van der Waals surface area contributed by atoms with E-state index < -0.39 is 12.1 Å². The molecule has 2 aromatic carbocycles. The Morgan fingerprint density at radius 3 is 2.30 bits per heavy atom. The van der Waals surface area contributed by atoms with Gasteiger partial charge in [-0.2, -0.15) is 0 Å². The van der Waals surface area contributed by atoms with Gasteiger partial charge in [-0.3, -0.25) is 4.79 Å². The zero-order valence-corrected chi connectivity index (χ0v) is 13.3. The number of carbonyl (C=O) groups excluding carboxylic acids is 2. The highest BCUT2D eigenvalue weighted by Gasteiger charge is 2.36. The average molecular weight is 327 g/mol. The van der Waals surface area contributed by atoms with Gasteiger partial charge in [0.15, 0.2) is 0 Å². The van der Waals surface area contributed by atoms with Gasteiger partial charge >= 0.3 is 5.97 Å². The van der Waals surface area contributed by atoms with Gasteiger partial charge in [-0.25, -0.2) is 4.79 Å². The third-order valence-corrected chi connectivity index (χ3v) is 4.64. The Bertz CT molecular complexity index is 675. The second-order valence-electron chi connectivity index (χ2n) is 5.24. The molecule has 0 bridgehead atoms. The number of hydrogen-bond acceptors (Lipinski definition) is 4. The summed E-state index contributed by atoms with van der Waals surface area (Å²) in [6.07, 6.45) is -0.298. The van der Waals surface area contributed by atoms with E-state index in [1.54, 1.807) is 23.9 Å². The molecule has 1 aliphatic heterocycles. The maximum absolute atomic E-state index is 12.2. The van der Waals surface area contributed by atoms with Gasteiger partial charge in [0.1, 0.15) is 6.04 Å². The molecular weight excluding hydrogens is 310 g/mol. The van der Waals surface area contributed by atoms with Crippen molar-refractivity contribution >= 4 is 23.6 Å². The van der Waals surface area contributed by atoms with Crippen molar-refractivity contribution < 1.29 is 14.3 Å². The highest BCUT2D eigenvalue weighted by Crippen LogP contribution is 2.24. The van der Waals surface area contributed by atoms with Gasteiger partial charge in [0.05, 0.1) is 0 Å². The predicted molar refractivity (Wildman–Crippen MR) is 89.0 cm³/mol. The van der Waals surface area contributed by atoms with E-state index in [2.05, 4.69) is 5.32 Å². The lowest BCUT2D eigenvalue weighted by molar-refractivity contribution is -0.166. The molecule has 4 nitrogen and oxygen atoms in total. The molecule has 1 amide bonds. The second kappa shape index (κ2) is 7.33. The van der Waals surface area contributed by atoms with Crippen molar-refractivity contribution in [2.75, 3.05) is 5.75 Å². The van der Waals surface area contributed by atoms with Crippen molar-refractivity contribution in [1.82, 2.24) is 5.32 Å². The molecule has 0 aromatic heterocycles. The number of thioether (sulfide) groups is 1. The SMILES string of the molecule is O=C1OC(c2ccccc2)C(=O)NC1CCSc1ccccc1. The predicted octanol–water partition coefficient (Wildman–Crippen LogP) is 2.95. The van der Waals surface area contributed by atoms with Crippen LogP contribution >= 0.6 is 11.8 Å². The number of hydrogen-bond donors (Lipinski definition) is 1. The molecule has 0 saturated carbocycles. The number of carbonyl (C=O) groups is 2. The summed E-state index contributed by atoms with van der Waals surface area (Å²) >= 11 is 1.66. The number of amides is 1. The van der Waals surface area contributed by atoms with Gasteiger partial charge in [0.2, 0.25) is 6.10 Å². The topological polar surface area (TPSA) is 55.4 Å². The van der Waals surface area contributed by atoms with Gasteiger partial charge in [0, 0.05) is 16.2 Å². The summed E-state index contributed by atoms with van der Waals surface area (Å²) in [6, 6.07) is 18.4. The van der Waals surface area contributed by atoms with Crippen molar-refractivity contribution in [2.45, 2.75) is 23.5 Å². The molecule has 2 unspecified atom stereocenters. The minimum absolute atomic E-state index is 0.259. The highest BCUT2D eigenvalue weighted by molar-refractivity contribution is 7.99. The molecule has 2 aromatic rings. The van der Waals surface area contributed by atoms with Crippen molar-refractivity contribution in [2.24, 2.45) is 0 Å². The van der Waals surface area contributed by atoms with Gasteiger partial charge < -0.3 is 10.1 Å². The van der Waals surface area contributed by atoms with Gasteiger partial charge in [0.25, 0.3) is 5.91 Å². The van der Waals surface area contributed by atoms with Crippen molar-refractivity contribution in [1.29, 1.82) is 0 Å². The Morgan fingerprint density at radius 2 is 1.61 bits per heavy atom. The molecule has 1 N–H and O–H groups in total. The minimum Gasteiger partial charge on any atom is -0.446 e. The normalized spacial score (nSPS) is 20.7. The van der Waals surface area contributed by atoms with Crippen LogP contribution in [0.3, 0.4) is 0 Å². The maximum Gasteiger partial charge on any atom is 0.329 e. The first-order valence-electron chi connectivity index (χ1n) is 7.48. The van der Waals surface area contributed by atoms with Crippen LogP contribution in [0.4, 0.5) is 0 Å². The van der Waals surface area contributed by atoms with Gasteiger partial charge in [-0.1, -0.05) is 48.5 Å². The van der Waals surface area contributed by atoms with E-state index in [0.717, 1.165) is 10.6 Å². The first-order chi connectivity index (χ1) is 11.2. The van der Waals surface area contributed by atoms with E-state index in [1.807, 2.05) is 48.5 Å². The Balaban J connectivity index is 1.55. The number of cyclic esters (lactones) is 1. The Labute approximate surface area is 139 Å². The lowest BCUT2D eigenvalue weighted by atomic mass is 10.1. The molecule has 2 atom stereocenters. The number of rotatable bonds is 5. The first-order valence-corrected chi connectivity index (χ1v) is 8.46. The molecule has 3 rings (SSSR count). The molecule has 118 valence electrons. The lowest BCUT2D eigenvalue weighted by Gasteiger charge is -2.28. The van der Waals surface area contributed by atoms with Crippen LogP contribution in [0.2, 0.25) is 0 Å². The van der Waals surface area contributed by atoms with Crippen LogP contribution in [0.25, 0.3) is 0 Å². The maximum atomic E-state index is 12.2. The van der Waals surface area contributed by atoms with E-state index in [-0.39, 0.29) is 11.9 Å². The number of esters is 1. The van der Waals surface area contributed by atoms with E-state index in [0.29, 0.717) is 12.0 Å². The van der Waals surface area contributed by atoms with E-state index in [1.165, 1.54) is 0 Å². The highest BCUT2D eigenvalue weighted by atomic mass is 32.2. The standard InChI is InChI=1S/C18H17NO3S/c20-17-16(13-7-3-1-4-8-13)22-18(21)15(19-17)11-12-23-14-9-5-2-6-10-14/h1-10,15-16H,11-12H2,(H,19,20). The fraction of sp³-hybridized carbons (Fsp3) is 0.222. The van der Waals surface area contributed by atoms with Crippen LogP contribution in [-0.4, -0.2) is 23.7 Å². The molecule has 5 heteroatoms. The van der Waals surface area contributed by atoms with Crippen LogP contribution in [-0.2, 0) is 14.3 Å². The molecule has 1 aliphatic rings. The molecule has 23 heavy (non-hydrogen) atoms. The summed E-state index contributed by atoms with van der Waals surface area (Å²) in [4.78, 5) is 25.5. The number of benzene rings is 2. The zero-order valence-electron chi connectivity index (χ0n) is 12.5. The van der Waals surface area contributed by atoms with Crippen LogP contribution in [0.5, 0.6) is 0 Å². The van der Waals surface area contributed by atoms with Crippen molar-refractivity contribution in [3.05, 3.63) is 66.2 Å². The van der Waals surface area contributed by atoms with Gasteiger partial charge in [-0.05, 0) is 18.6 Å². The van der Waals surface area contributed by atoms with Crippen LogP contribution in [0.15, 0.2) is 65.6 Å². The quantitative estimate of drug-likeness (QED) is 0.678. The van der Waals surface area contributed by atoms with Crippen LogP contribution in [0, 0.1) is 0 Å². The van der Waals surface area contributed by atoms with Crippen LogP contribution in [0.1, 0.15) is 18.1 Å². The van der Waals surface area contributed by atoms with E-state index >= 15 is 0 Å². The van der Waals surface area contributed by atoms with E-state index in [4.69, 9.17) is 4.74 Å². The third kappa shape index (κ3) is 3.93. The smallest absolute Gasteiger partial charge is 0.329 e. The third-order valence-electron chi connectivity index (χ3n) is 3.59. The first kappa shape index (κ1) is 15.6. The fourth-order valence-electron chi connectivity index (χ4n) is 2.41. The average Bonchev–Trinajstić information content (AvgIpc) is 2.59. The van der Waals surface area contributed by atoms with E-state index in [9.17, 15) is 9.59 Å². The molecular formula is C18H17NO3S. The molecule has 1 heterocycles. The number of morpholine rings is 1. The number of nitrogens with one attached hydrogen (secondary N) is 1. The largest absolute Gasteiger partial charge is 0.446 e. The summed E-state index contributed by atoms with van der Waals surface area (Å²) in [7, 11) is 0. The molecule has 0 spiro atoms. The van der Waals surface area contributed by atoms with Gasteiger partial charge in [-0.15, -0.1) is 11.8 Å². The summed E-state index contributed by atoms with van der Waals surface area (Å²) in [5.74, 6) is 0.109. The molecule has 0 radical (unpaired) electrons. The lowest BCUT2D eigenvalue weighted by Crippen LogP contribution is -2.50.